The van der Waals surface area contributed by atoms with Gasteiger partial charge in [0.15, 0.2) is 11.5 Å². The van der Waals surface area contributed by atoms with E-state index in [0.717, 1.165) is 43.3 Å². The normalized spacial score (nSPS) is 24.0. The van der Waals surface area contributed by atoms with Crippen LogP contribution in [0, 0.1) is 23.7 Å². The highest BCUT2D eigenvalue weighted by Gasteiger charge is 2.47. The molecule has 35 heavy (non-hydrogen) atoms. The quantitative estimate of drug-likeness (QED) is 0.346. The molecule has 0 radical (unpaired) electrons. The fourth-order valence-corrected chi connectivity index (χ4v) is 6.18. The maximum absolute atomic E-state index is 12.3. The number of carboxylic acid groups (broad SMARTS) is 1. The van der Waals surface area contributed by atoms with Crippen LogP contribution in [0.1, 0.15) is 39.5 Å². The molecule has 3 saturated carbocycles. The number of nitrogens with one attached hydrogen (secondary N) is 2. The van der Waals surface area contributed by atoms with Crippen LogP contribution >= 0.6 is 11.6 Å². The minimum Gasteiger partial charge on any atom is -0.481 e. The molecule has 7 rings (SSSR count). The van der Waals surface area contributed by atoms with Crippen molar-refractivity contribution < 1.29 is 9.90 Å². The molecule has 4 aromatic heterocycles. The summed E-state index contributed by atoms with van der Waals surface area (Å²) in [5, 5.41) is 14.9. The second kappa shape index (κ2) is 8.48. The number of halogens is 1. The van der Waals surface area contributed by atoms with Crippen molar-refractivity contribution in [2.45, 2.75) is 52.1 Å². The molecular weight excluding hydrogens is 466 g/mol. The van der Waals surface area contributed by atoms with Gasteiger partial charge in [0.05, 0.1) is 23.1 Å². The molecule has 4 heterocycles. The Balaban J connectivity index is 1.50. The second-order valence-corrected chi connectivity index (χ2v) is 10.7. The highest BCUT2D eigenvalue weighted by molar-refractivity contribution is 6.29. The van der Waals surface area contributed by atoms with E-state index in [-0.39, 0.29) is 12.0 Å². The molecular formula is C25H28ClN7O2. The maximum atomic E-state index is 12.3. The lowest BCUT2D eigenvalue weighted by molar-refractivity contribution is -0.148. The zero-order valence-electron chi connectivity index (χ0n) is 19.7. The van der Waals surface area contributed by atoms with E-state index >= 15 is 0 Å². The monoisotopic (exact) mass is 493 g/mol. The third-order valence-corrected chi connectivity index (χ3v) is 7.76. The van der Waals surface area contributed by atoms with Crippen LogP contribution in [0.15, 0.2) is 24.7 Å². The van der Waals surface area contributed by atoms with Gasteiger partial charge in [0.1, 0.15) is 22.1 Å². The molecule has 2 unspecified atom stereocenters. The molecule has 0 aliphatic heterocycles. The van der Waals surface area contributed by atoms with Gasteiger partial charge in [-0.3, -0.25) is 4.79 Å². The number of H-pyrrole nitrogens is 1. The molecule has 3 aliphatic carbocycles. The van der Waals surface area contributed by atoms with E-state index < -0.39 is 11.9 Å². The van der Waals surface area contributed by atoms with E-state index in [1.807, 2.05) is 12.3 Å². The Morgan fingerprint density at radius 2 is 2.00 bits per heavy atom. The Bertz CT molecular complexity index is 1420. The van der Waals surface area contributed by atoms with Crippen LogP contribution < -0.4 is 5.32 Å². The van der Waals surface area contributed by atoms with Crippen molar-refractivity contribution >= 4 is 45.6 Å². The van der Waals surface area contributed by atoms with Crippen LogP contribution in [0.25, 0.3) is 33.6 Å². The molecule has 0 amide bonds. The van der Waals surface area contributed by atoms with Crippen LogP contribution in [0.4, 0.5) is 5.82 Å². The lowest BCUT2D eigenvalue weighted by Gasteiger charge is -2.47. The van der Waals surface area contributed by atoms with E-state index in [9.17, 15) is 9.90 Å². The number of aromatic nitrogens is 6. The predicted octanol–water partition coefficient (Wildman–Crippen LogP) is 4.98. The Morgan fingerprint density at radius 1 is 1.23 bits per heavy atom. The van der Waals surface area contributed by atoms with Crippen molar-refractivity contribution in [3.8, 4) is 11.4 Å². The summed E-state index contributed by atoms with van der Waals surface area (Å²) in [7, 11) is 0. The fourth-order valence-electron chi connectivity index (χ4n) is 6.05. The highest BCUT2D eigenvalue weighted by Crippen LogP contribution is 2.46. The Kier molecular flexibility index (Phi) is 5.40. The van der Waals surface area contributed by atoms with Gasteiger partial charge in [-0.2, -0.15) is 0 Å². The molecule has 10 heteroatoms. The molecule has 9 nitrogen and oxygen atoms in total. The number of hydrogen-bond donors (Lipinski definition) is 3. The minimum absolute atomic E-state index is 0.156. The molecule has 0 spiro atoms. The topological polar surface area (TPSA) is 122 Å². The first kappa shape index (κ1) is 22.3. The second-order valence-electron chi connectivity index (χ2n) is 10.3. The molecule has 182 valence electrons. The Hall–Kier alpha value is -3.20. The number of anilines is 1. The van der Waals surface area contributed by atoms with Gasteiger partial charge in [-0.05, 0) is 49.5 Å². The third kappa shape index (κ3) is 3.82. The number of carboxylic acids is 1. The highest BCUT2D eigenvalue weighted by atomic mass is 35.5. The van der Waals surface area contributed by atoms with Crippen molar-refractivity contribution in [1.82, 2.24) is 29.5 Å². The molecule has 0 aromatic carbocycles. The van der Waals surface area contributed by atoms with Gasteiger partial charge in [0.2, 0.25) is 0 Å². The van der Waals surface area contributed by atoms with E-state index in [1.54, 1.807) is 6.20 Å². The lowest BCUT2D eigenvalue weighted by atomic mass is 9.61. The molecule has 3 N–H and O–H groups in total. The Labute approximate surface area is 207 Å². The smallest absolute Gasteiger partial charge is 0.308 e. The summed E-state index contributed by atoms with van der Waals surface area (Å²) in [6.45, 7) is 5.14. The summed E-state index contributed by atoms with van der Waals surface area (Å²) in [6, 6.07) is 1.86. The van der Waals surface area contributed by atoms with E-state index in [1.165, 1.54) is 6.20 Å². The predicted molar refractivity (Wildman–Crippen MR) is 134 cm³/mol. The number of fused-ring (bicyclic) bond motifs is 5. The largest absolute Gasteiger partial charge is 0.481 e. The molecule has 2 bridgehead atoms. The van der Waals surface area contributed by atoms with Crippen molar-refractivity contribution in [3.63, 3.8) is 0 Å². The maximum Gasteiger partial charge on any atom is 0.308 e. The summed E-state index contributed by atoms with van der Waals surface area (Å²) in [6.07, 6.45) is 9.41. The first-order valence-corrected chi connectivity index (χ1v) is 12.6. The van der Waals surface area contributed by atoms with Gasteiger partial charge in [0, 0.05) is 25.0 Å². The SMILES string of the molecule is CC(C)Cn1ccc2c(NC3C4CCC(CC4)C3C(=O)O)nc(-c3c[nH]c4ncc(Cl)nc34)nc21. The molecule has 3 aliphatic rings. The van der Waals surface area contributed by atoms with Crippen LogP contribution in [-0.2, 0) is 11.3 Å². The number of rotatable bonds is 6. The summed E-state index contributed by atoms with van der Waals surface area (Å²) in [4.78, 5) is 34.0. The number of hydrogen-bond acceptors (Lipinski definition) is 6. The minimum atomic E-state index is -0.721. The van der Waals surface area contributed by atoms with Crippen LogP contribution in [0.5, 0.6) is 0 Å². The number of carbonyl (C=O) groups is 1. The van der Waals surface area contributed by atoms with Gasteiger partial charge in [-0.25, -0.2) is 19.9 Å². The summed E-state index contributed by atoms with van der Waals surface area (Å²) < 4.78 is 2.13. The average molecular weight is 494 g/mol. The van der Waals surface area contributed by atoms with E-state index in [2.05, 4.69) is 38.7 Å². The standard InChI is InChI=1S/C25H28ClN7O2/c1-12(2)11-33-8-7-15-21(30-19-14-5-3-13(4-6-14)18(19)25(34)35)31-22(32-24(15)33)16-9-27-23-20(16)29-17(26)10-28-23/h7-10,12-14,18-19H,3-6,11H2,1-2H3,(H,27,28)(H,34,35)(H,30,31,32). The molecule has 0 saturated heterocycles. The zero-order chi connectivity index (χ0) is 24.3. The average Bonchev–Trinajstić information content (AvgIpc) is 3.43. The van der Waals surface area contributed by atoms with Crippen molar-refractivity contribution in [3.05, 3.63) is 29.8 Å². The first-order chi connectivity index (χ1) is 16.9. The van der Waals surface area contributed by atoms with Gasteiger partial charge in [-0.1, -0.05) is 25.4 Å². The molecule has 2 atom stereocenters. The molecule has 3 fully saturated rings. The molecule has 4 aromatic rings. The van der Waals surface area contributed by atoms with Crippen LogP contribution in [0.2, 0.25) is 5.15 Å². The van der Waals surface area contributed by atoms with Crippen LogP contribution in [0.3, 0.4) is 0 Å². The van der Waals surface area contributed by atoms with Gasteiger partial charge in [0.25, 0.3) is 0 Å². The third-order valence-electron chi connectivity index (χ3n) is 7.58. The fraction of sp³-hybridized carbons (Fsp3) is 0.480. The number of aliphatic carboxylic acids is 1. The first-order valence-electron chi connectivity index (χ1n) is 12.2. The van der Waals surface area contributed by atoms with Gasteiger partial charge >= 0.3 is 5.97 Å². The number of nitrogens with zero attached hydrogens (tertiary/aromatic N) is 5. The lowest BCUT2D eigenvalue weighted by Crippen LogP contribution is -2.51. The number of aromatic amines is 1. The summed E-state index contributed by atoms with van der Waals surface area (Å²) in [5.74, 6) is 1.00. The van der Waals surface area contributed by atoms with E-state index in [4.69, 9.17) is 21.6 Å². The van der Waals surface area contributed by atoms with Crippen molar-refractivity contribution in [1.29, 1.82) is 0 Å². The van der Waals surface area contributed by atoms with Crippen molar-refractivity contribution in [2.24, 2.45) is 23.7 Å². The van der Waals surface area contributed by atoms with Crippen LogP contribution in [-0.4, -0.2) is 46.6 Å². The van der Waals surface area contributed by atoms with Gasteiger partial charge in [-0.15, -0.1) is 0 Å². The van der Waals surface area contributed by atoms with E-state index in [0.29, 0.717) is 45.4 Å². The van der Waals surface area contributed by atoms with Gasteiger partial charge < -0.3 is 20.0 Å². The summed E-state index contributed by atoms with van der Waals surface area (Å²) in [5.41, 5.74) is 2.72. The summed E-state index contributed by atoms with van der Waals surface area (Å²) >= 11 is 6.14. The zero-order valence-corrected chi connectivity index (χ0v) is 20.5. The van der Waals surface area contributed by atoms with Crippen molar-refractivity contribution in [2.75, 3.05) is 5.32 Å². The Morgan fingerprint density at radius 3 is 2.74 bits per heavy atom.